The molecule has 0 aliphatic carbocycles. The fourth-order valence-corrected chi connectivity index (χ4v) is 0.292. The van der Waals surface area contributed by atoms with Gasteiger partial charge >= 0.3 is 0 Å². The topological polar surface area (TPSA) is 31.5 Å². The van der Waals surface area contributed by atoms with E-state index in [1.807, 2.05) is 0 Å². The number of allylic oxidation sites excluding steroid dienone is 1. The highest BCUT2D eigenvalue weighted by atomic mass is 16.6. The average Bonchev–Trinajstić information content (AvgIpc) is 1.69. The van der Waals surface area contributed by atoms with Crippen molar-refractivity contribution in [1.29, 1.82) is 0 Å². The lowest BCUT2D eigenvalue weighted by Crippen LogP contribution is -1.87. The van der Waals surface area contributed by atoms with Gasteiger partial charge in [-0.2, -0.15) is 0 Å². The van der Waals surface area contributed by atoms with Crippen molar-refractivity contribution in [2.75, 3.05) is 6.61 Å². The van der Waals surface area contributed by atoms with Crippen LogP contribution in [0.25, 0.3) is 0 Å². The molecule has 2 nitrogen and oxygen atoms in total. The van der Waals surface area contributed by atoms with Crippen molar-refractivity contribution in [2.24, 2.45) is 0 Å². The Kier molecular flexibility index (Phi) is 5.39. The second-order valence-corrected chi connectivity index (χ2v) is 1.26. The zero-order chi connectivity index (χ0) is 5.54. The van der Waals surface area contributed by atoms with E-state index in [-0.39, 0.29) is 0 Å². The van der Waals surface area contributed by atoms with Gasteiger partial charge in [-0.3, -0.25) is 4.84 Å². The van der Waals surface area contributed by atoms with Crippen LogP contribution in [0.3, 0.4) is 0 Å². The number of rotatable bonds is 4. The van der Waals surface area contributed by atoms with Crippen LogP contribution < -0.4 is 5.90 Å². The van der Waals surface area contributed by atoms with Crippen LogP contribution in [0.1, 0.15) is 12.8 Å². The van der Waals surface area contributed by atoms with Crippen LogP contribution in [-0.4, -0.2) is 6.61 Å². The van der Waals surface area contributed by atoms with E-state index >= 15 is 0 Å². The second-order valence-electron chi connectivity index (χ2n) is 1.26. The maximum Gasteiger partial charge on any atom is 0.0722 e. The first kappa shape index (κ1) is 6.66. The third kappa shape index (κ3) is 5.66. The Morgan fingerprint density at radius 1 is 1.71 bits per heavy atom. The Balaban J connectivity index is 2.56. The van der Waals surface area contributed by atoms with Crippen molar-refractivity contribution in [1.82, 2.24) is 5.90 Å². The first-order valence-electron chi connectivity index (χ1n) is 2.29. The standard InChI is InChI=1S/C5H9NO/c1-2-3-4-5-7-6/h2H,1,3-5H2. The quantitative estimate of drug-likeness (QED) is 0.293. The maximum absolute atomic E-state index is 7.76. The Hall–Kier alpha value is -0.340. The molecule has 2 radical (unpaired) electrons. The Morgan fingerprint density at radius 2 is 2.43 bits per heavy atom. The monoisotopic (exact) mass is 99.1 g/mol. The highest BCUT2D eigenvalue weighted by Crippen LogP contribution is 1.86. The molecule has 0 aromatic heterocycles. The van der Waals surface area contributed by atoms with Gasteiger partial charge < -0.3 is 0 Å². The summed E-state index contributed by atoms with van der Waals surface area (Å²) >= 11 is 0. The van der Waals surface area contributed by atoms with E-state index in [1.54, 1.807) is 6.08 Å². The molecule has 0 saturated heterocycles. The van der Waals surface area contributed by atoms with E-state index in [4.69, 9.17) is 5.90 Å². The molecule has 0 rings (SSSR count). The van der Waals surface area contributed by atoms with Crippen molar-refractivity contribution >= 4 is 0 Å². The number of nitrogens with zero attached hydrogens (tertiary/aromatic N) is 1. The van der Waals surface area contributed by atoms with Gasteiger partial charge in [-0.05, 0) is 12.8 Å². The lowest BCUT2D eigenvalue weighted by molar-refractivity contribution is 0.117. The van der Waals surface area contributed by atoms with E-state index in [1.165, 1.54) is 0 Å². The molecule has 0 bridgehead atoms. The third-order valence-electron chi connectivity index (χ3n) is 0.644. The van der Waals surface area contributed by atoms with Crippen LogP contribution >= 0.6 is 0 Å². The van der Waals surface area contributed by atoms with Crippen LogP contribution in [0, 0.1) is 0 Å². The van der Waals surface area contributed by atoms with E-state index < -0.39 is 0 Å². The molecule has 0 aromatic carbocycles. The molecule has 0 atom stereocenters. The van der Waals surface area contributed by atoms with Crippen molar-refractivity contribution in [3.63, 3.8) is 0 Å². The Bertz CT molecular complexity index is 45.3. The summed E-state index contributed by atoms with van der Waals surface area (Å²) in [6, 6.07) is 0. The van der Waals surface area contributed by atoms with Crippen LogP contribution in [0.15, 0.2) is 12.7 Å². The molecule has 40 valence electrons. The molecule has 0 unspecified atom stereocenters. The van der Waals surface area contributed by atoms with Gasteiger partial charge in [0.1, 0.15) is 0 Å². The first-order valence-corrected chi connectivity index (χ1v) is 2.29. The molecule has 0 saturated carbocycles. The highest BCUT2D eigenvalue weighted by Gasteiger charge is 1.79. The maximum atomic E-state index is 7.76. The van der Waals surface area contributed by atoms with Crippen molar-refractivity contribution in [2.45, 2.75) is 12.8 Å². The van der Waals surface area contributed by atoms with Gasteiger partial charge in [0.05, 0.1) is 6.61 Å². The summed E-state index contributed by atoms with van der Waals surface area (Å²) < 4.78 is 0. The fourth-order valence-electron chi connectivity index (χ4n) is 0.292. The van der Waals surface area contributed by atoms with Gasteiger partial charge in [0.2, 0.25) is 0 Å². The summed E-state index contributed by atoms with van der Waals surface area (Å²) in [5, 5.41) is 0. The van der Waals surface area contributed by atoms with Gasteiger partial charge in [-0.15, -0.1) is 6.58 Å². The molecule has 0 aliphatic heterocycles. The average molecular weight is 99.1 g/mol. The summed E-state index contributed by atoms with van der Waals surface area (Å²) in [5.41, 5.74) is 0. The second kappa shape index (κ2) is 5.66. The fraction of sp³-hybridized carbons (Fsp3) is 0.600. The molecule has 0 spiro atoms. The summed E-state index contributed by atoms with van der Waals surface area (Å²) in [4.78, 5) is 3.80. The summed E-state index contributed by atoms with van der Waals surface area (Å²) in [5.74, 6) is 7.76. The molecule has 0 aromatic rings. The molecular formula is C5H9NO. The van der Waals surface area contributed by atoms with Gasteiger partial charge in [0, 0.05) is 5.90 Å². The zero-order valence-corrected chi connectivity index (χ0v) is 4.26. The van der Waals surface area contributed by atoms with Crippen molar-refractivity contribution in [3.8, 4) is 0 Å². The summed E-state index contributed by atoms with van der Waals surface area (Å²) in [7, 11) is 0. The minimum atomic E-state index is 0.409. The zero-order valence-electron chi connectivity index (χ0n) is 4.26. The molecule has 0 heterocycles. The van der Waals surface area contributed by atoms with Crippen LogP contribution in [0.4, 0.5) is 0 Å². The SMILES string of the molecule is C=CCCCO[N]. The predicted molar refractivity (Wildman–Crippen MR) is 27.5 cm³/mol. The number of hydrogen-bond donors (Lipinski definition) is 0. The minimum Gasteiger partial charge on any atom is -0.264 e. The van der Waals surface area contributed by atoms with E-state index in [2.05, 4.69) is 11.4 Å². The largest absolute Gasteiger partial charge is 0.264 e. The van der Waals surface area contributed by atoms with Gasteiger partial charge in [0.15, 0.2) is 0 Å². The Morgan fingerprint density at radius 3 is 2.86 bits per heavy atom. The molecular weight excluding hydrogens is 90.1 g/mol. The predicted octanol–water partition coefficient (Wildman–Crippen LogP) is 0.953. The normalized spacial score (nSPS) is 8.71. The van der Waals surface area contributed by atoms with Gasteiger partial charge in [-0.1, -0.05) is 6.08 Å². The number of unbranched alkanes of at least 4 members (excludes halogenated alkanes) is 1. The molecule has 0 aliphatic rings. The lowest BCUT2D eigenvalue weighted by Gasteiger charge is -1.87. The molecule has 0 amide bonds. The van der Waals surface area contributed by atoms with E-state index in [9.17, 15) is 0 Å². The van der Waals surface area contributed by atoms with Crippen molar-refractivity contribution < 1.29 is 4.84 Å². The van der Waals surface area contributed by atoms with Crippen LogP contribution in [0.2, 0.25) is 0 Å². The summed E-state index contributed by atoms with van der Waals surface area (Å²) in [6.45, 7) is 3.90. The van der Waals surface area contributed by atoms with E-state index in [0.29, 0.717) is 6.61 Å². The molecule has 2 heteroatoms. The molecule has 7 heavy (non-hydrogen) atoms. The Labute approximate surface area is 43.9 Å². The van der Waals surface area contributed by atoms with Crippen LogP contribution in [0.5, 0.6) is 0 Å². The minimum absolute atomic E-state index is 0.409. The third-order valence-corrected chi connectivity index (χ3v) is 0.644. The summed E-state index contributed by atoms with van der Waals surface area (Å²) in [6.07, 6.45) is 3.54. The van der Waals surface area contributed by atoms with Crippen molar-refractivity contribution in [3.05, 3.63) is 12.7 Å². The highest BCUT2D eigenvalue weighted by molar-refractivity contribution is 4.64. The molecule has 0 fully saturated rings. The smallest absolute Gasteiger partial charge is 0.0722 e. The lowest BCUT2D eigenvalue weighted by atomic mass is 10.3. The molecule has 0 N–H and O–H groups in total. The first-order chi connectivity index (χ1) is 3.41. The van der Waals surface area contributed by atoms with Gasteiger partial charge in [0.25, 0.3) is 0 Å². The van der Waals surface area contributed by atoms with E-state index in [0.717, 1.165) is 12.8 Å². The number of hydrogen-bond acceptors (Lipinski definition) is 1. The van der Waals surface area contributed by atoms with Gasteiger partial charge in [-0.25, -0.2) is 0 Å². The van der Waals surface area contributed by atoms with Crippen LogP contribution in [-0.2, 0) is 4.84 Å².